The molecule has 2 atom stereocenters. The van der Waals surface area contributed by atoms with Crippen LogP contribution in [0.25, 0.3) is 0 Å². The first-order chi connectivity index (χ1) is 10.7. The molecule has 23 heavy (non-hydrogen) atoms. The van der Waals surface area contributed by atoms with E-state index in [2.05, 4.69) is 5.32 Å². The van der Waals surface area contributed by atoms with Gasteiger partial charge in [0, 0.05) is 19.1 Å². The van der Waals surface area contributed by atoms with Crippen molar-refractivity contribution in [3.63, 3.8) is 0 Å². The number of alkyl halides is 3. The molecule has 8 heteroatoms. The van der Waals surface area contributed by atoms with E-state index in [0.29, 0.717) is 18.0 Å². The Balaban J connectivity index is 2.13. The monoisotopic (exact) mass is 347 g/mol. The summed E-state index contributed by atoms with van der Waals surface area (Å²) in [6, 6.07) is 5.35. The predicted octanol–water partition coefficient (Wildman–Crippen LogP) is 2.96. The average Bonchev–Trinajstić information content (AvgIpc) is 2.49. The molecule has 1 saturated heterocycles. The van der Waals surface area contributed by atoms with Gasteiger partial charge in [-0.1, -0.05) is 12.1 Å². The molecule has 0 aliphatic carbocycles. The fraction of sp³-hybridized carbons (Fsp3) is 0.533. The minimum atomic E-state index is -4.29. The Kier molecular flexibility index (Phi) is 5.36. The number of hydrogen-bond donors (Lipinski definition) is 1. The SMILES string of the molecule is COc1ccccc1NC(=S)N1CC(C)N(C)C(C(F)(F)F)C1. The number of methoxy groups -OCH3 is 1. The third-order valence-electron chi connectivity index (χ3n) is 4.08. The van der Waals surface area contributed by atoms with Gasteiger partial charge in [0.2, 0.25) is 0 Å². The predicted molar refractivity (Wildman–Crippen MR) is 87.9 cm³/mol. The molecule has 1 aromatic carbocycles. The molecule has 0 saturated carbocycles. The van der Waals surface area contributed by atoms with E-state index in [1.165, 1.54) is 19.1 Å². The molecular weight excluding hydrogens is 327 g/mol. The van der Waals surface area contributed by atoms with Gasteiger partial charge in [0.25, 0.3) is 0 Å². The third-order valence-corrected chi connectivity index (χ3v) is 4.44. The second-order valence-corrected chi connectivity index (χ2v) is 5.99. The van der Waals surface area contributed by atoms with Gasteiger partial charge in [-0.2, -0.15) is 13.2 Å². The van der Waals surface area contributed by atoms with Crippen molar-refractivity contribution >= 4 is 23.0 Å². The maximum atomic E-state index is 13.2. The molecule has 0 amide bonds. The van der Waals surface area contributed by atoms with E-state index in [1.807, 2.05) is 6.07 Å². The molecule has 4 nitrogen and oxygen atoms in total. The van der Waals surface area contributed by atoms with Crippen LogP contribution in [-0.2, 0) is 0 Å². The Hall–Kier alpha value is -1.54. The van der Waals surface area contributed by atoms with Crippen molar-refractivity contribution < 1.29 is 17.9 Å². The average molecular weight is 347 g/mol. The Morgan fingerprint density at radius 2 is 1.96 bits per heavy atom. The van der Waals surface area contributed by atoms with Crippen LogP contribution >= 0.6 is 12.2 Å². The first-order valence-electron chi connectivity index (χ1n) is 7.21. The maximum absolute atomic E-state index is 13.2. The topological polar surface area (TPSA) is 27.7 Å². The molecule has 2 rings (SSSR count). The molecule has 0 aromatic heterocycles. The molecule has 128 valence electrons. The standard InChI is InChI=1S/C15H20F3N3OS/c1-10-8-21(9-13(20(10)2)15(16,17)18)14(23)19-11-6-4-5-7-12(11)22-3/h4-7,10,13H,8-9H2,1-3H3,(H,19,23). The number of piperazine rings is 1. The molecule has 1 heterocycles. The van der Waals surface area contributed by atoms with Gasteiger partial charge in [-0.3, -0.25) is 4.90 Å². The smallest absolute Gasteiger partial charge is 0.405 e. The number of hydrogen-bond acceptors (Lipinski definition) is 3. The fourth-order valence-corrected chi connectivity index (χ4v) is 2.87. The van der Waals surface area contributed by atoms with Gasteiger partial charge in [0.1, 0.15) is 11.8 Å². The number of benzene rings is 1. The number of para-hydroxylation sites is 2. The van der Waals surface area contributed by atoms with Crippen LogP contribution in [-0.4, -0.2) is 60.4 Å². The summed E-state index contributed by atoms with van der Waals surface area (Å²) in [6.45, 7) is 2.01. The summed E-state index contributed by atoms with van der Waals surface area (Å²) in [5.41, 5.74) is 0.634. The van der Waals surface area contributed by atoms with Crippen molar-refractivity contribution in [2.75, 3.05) is 32.6 Å². The lowest BCUT2D eigenvalue weighted by Gasteiger charge is -2.45. The maximum Gasteiger partial charge on any atom is 0.405 e. The molecule has 0 spiro atoms. The second-order valence-electron chi connectivity index (χ2n) is 5.61. The van der Waals surface area contributed by atoms with E-state index < -0.39 is 12.2 Å². The Bertz CT molecular complexity index is 567. The first-order valence-corrected chi connectivity index (χ1v) is 7.62. The highest BCUT2D eigenvalue weighted by Gasteiger charge is 2.47. The lowest BCUT2D eigenvalue weighted by molar-refractivity contribution is -0.195. The Morgan fingerprint density at radius 3 is 2.57 bits per heavy atom. The summed E-state index contributed by atoms with van der Waals surface area (Å²) in [5.74, 6) is 0.587. The highest BCUT2D eigenvalue weighted by Crippen LogP contribution is 2.30. The molecule has 1 N–H and O–H groups in total. The van der Waals surface area contributed by atoms with E-state index in [4.69, 9.17) is 17.0 Å². The van der Waals surface area contributed by atoms with Gasteiger partial charge >= 0.3 is 6.18 Å². The van der Waals surface area contributed by atoms with Crippen molar-refractivity contribution in [2.24, 2.45) is 0 Å². The van der Waals surface area contributed by atoms with Crippen molar-refractivity contribution in [3.05, 3.63) is 24.3 Å². The van der Waals surface area contributed by atoms with Crippen LogP contribution in [0.2, 0.25) is 0 Å². The van der Waals surface area contributed by atoms with Crippen LogP contribution in [0.1, 0.15) is 6.92 Å². The van der Waals surface area contributed by atoms with Crippen LogP contribution in [0, 0.1) is 0 Å². The van der Waals surface area contributed by atoms with E-state index in [-0.39, 0.29) is 17.7 Å². The molecule has 1 aromatic rings. The van der Waals surface area contributed by atoms with Gasteiger partial charge in [-0.25, -0.2) is 0 Å². The quantitative estimate of drug-likeness (QED) is 0.831. The first kappa shape index (κ1) is 17.8. The number of nitrogens with zero attached hydrogens (tertiary/aromatic N) is 2. The highest BCUT2D eigenvalue weighted by atomic mass is 32.1. The number of anilines is 1. The lowest BCUT2D eigenvalue weighted by Crippen LogP contribution is -2.62. The van der Waals surface area contributed by atoms with Crippen molar-refractivity contribution in [1.29, 1.82) is 0 Å². The molecule has 0 radical (unpaired) electrons. The summed E-state index contributed by atoms with van der Waals surface area (Å²) in [5, 5.41) is 3.25. The van der Waals surface area contributed by atoms with Gasteiger partial charge in [-0.15, -0.1) is 0 Å². The minimum Gasteiger partial charge on any atom is -0.495 e. The van der Waals surface area contributed by atoms with E-state index in [1.54, 1.807) is 30.0 Å². The van der Waals surface area contributed by atoms with Gasteiger partial charge < -0.3 is 15.0 Å². The molecule has 1 aliphatic heterocycles. The van der Waals surface area contributed by atoms with Crippen LogP contribution in [0.15, 0.2) is 24.3 Å². The van der Waals surface area contributed by atoms with Crippen molar-refractivity contribution in [3.8, 4) is 5.75 Å². The number of nitrogens with one attached hydrogen (secondary N) is 1. The Morgan fingerprint density at radius 1 is 1.30 bits per heavy atom. The van der Waals surface area contributed by atoms with Crippen LogP contribution in [0.5, 0.6) is 5.75 Å². The number of halogens is 3. The summed E-state index contributed by atoms with van der Waals surface area (Å²) in [7, 11) is 3.03. The number of thiocarbonyl (C=S) groups is 1. The van der Waals surface area contributed by atoms with Gasteiger partial charge in [0.05, 0.1) is 12.8 Å². The zero-order valence-electron chi connectivity index (χ0n) is 13.2. The summed E-state index contributed by atoms with van der Waals surface area (Å²) in [6.07, 6.45) is -4.29. The minimum absolute atomic E-state index is 0.189. The van der Waals surface area contributed by atoms with E-state index in [0.717, 1.165) is 0 Å². The van der Waals surface area contributed by atoms with E-state index in [9.17, 15) is 13.2 Å². The normalized spacial score (nSPS) is 22.8. The van der Waals surface area contributed by atoms with Crippen molar-refractivity contribution in [2.45, 2.75) is 25.2 Å². The van der Waals surface area contributed by atoms with Gasteiger partial charge in [-0.05, 0) is 38.3 Å². The largest absolute Gasteiger partial charge is 0.495 e. The third kappa shape index (κ3) is 4.06. The summed E-state index contributed by atoms with van der Waals surface area (Å²) >= 11 is 5.30. The highest BCUT2D eigenvalue weighted by molar-refractivity contribution is 7.80. The summed E-state index contributed by atoms with van der Waals surface area (Å²) < 4.78 is 44.8. The van der Waals surface area contributed by atoms with Gasteiger partial charge in [0.15, 0.2) is 5.11 Å². The number of rotatable bonds is 2. The van der Waals surface area contributed by atoms with E-state index >= 15 is 0 Å². The van der Waals surface area contributed by atoms with Crippen molar-refractivity contribution in [1.82, 2.24) is 9.80 Å². The zero-order chi connectivity index (χ0) is 17.2. The fourth-order valence-electron chi connectivity index (χ4n) is 2.61. The molecule has 1 fully saturated rings. The molecular formula is C15H20F3N3OS. The number of ether oxygens (including phenoxy) is 1. The zero-order valence-corrected chi connectivity index (χ0v) is 14.0. The second kappa shape index (κ2) is 6.92. The molecule has 0 bridgehead atoms. The number of likely N-dealkylation sites (N-methyl/N-ethyl adjacent to an activating group) is 1. The summed E-state index contributed by atoms with van der Waals surface area (Å²) in [4.78, 5) is 2.91. The lowest BCUT2D eigenvalue weighted by atomic mass is 10.1. The molecule has 2 unspecified atom stereocenters. The molecule has 1 aliphatic rings. The van der Waals surface area contributed by atoms with Crippen LogP contribution < -0.4 is 10.1 Å². The van der Waals surface area contributed by atoms with Crippen LogP contribution in [0.4, 0.5) is 18.9 Å². The van der Waals surface area contributed by atoms with Crippen LogP contribution in [0.3, 0.4) is 0 Å². The Labute approximate surface area is 139 Å².